The van der Waals surface area contributed by atoms with Gasteiger partial charge < -0.3 is 0 Å². The van der Waals surface area contributed by atoms with Gasteiger partial charge in [-0.3, -0.25) is 0 Å². The summed E-state index contributed by atoms with van der Waals surface area (Å²) in [7, 11) is 0. The van der Waals surface area contributed by atoms with Crippen molar-refractivity contribution in [3.05, 3.63) is 24.3 Å². The van der Waals surface area contributed by atoms with Gasteiger partial charge >= 0.3 is 0 Å². The average molecular weight is 323 g/mol. The van der Waals surface area contributed by atoms with Gasteiger partial charge in [0, 0.05) is 0 Å². The molecule has 0 nitrogen and oxygen atoms in total. The van der Waals surface area contributed by atoms with Crippen molar-refractivity contribution in [2.24, 2.45) is 11.3 Å². The Balaban J connectivity index is 0. The van der Waals surface area contributed by atoms with E-state index in [1.807, 2.05) is 13.8 Å². The standard InChI is InChI=1S/C21H40.C2H6/c1-7-8-9-10-11-12-13-14-15-16-17-20(18-19(2)3)21(4,5)6;1-2/h15-16,20H,2,7-14,17-18H2,1,3-6H3;1-2H3/b16-15+;. The maximum atomic E-state index is 4.08. The Labute approximate surface area is 148 Å². The minimum absolute atomic E-state index is 0.378. The van der Waals surface area contributed by atoms with E-state index in [0.29, 0.717) is 5.41 Å². The third-order valence-electron chi connectivity index (χ3n) is 4.38. The van der Waals surface area contributed by atoms with Crippen molar-refractivity contribution in [2.45, 2.75) is 113 Å². The topological polar surface area (TPSA) is 0 Å². The Hall–Kier alpha value is -0.520. The van der Waals surface area contributed by atoms with Crippen LogP contribution in [0.4, 0.5) is 0 Å². The lowest BCUT2D eigenvalue weighted by molar-refractivity contribution is 0.240. The number of allylic oxidation sites excluding steroid dienone is 3. The normalized spacial score (nSPS) is 12.8. The van der Waals surface area contributed by atoms with E-state index in [-0.39, 0.29) is 0 Å². The molecule has 138 valence electrons. The van der Waals surface area contributed by atoms with Crippen molar-refractivity contribution in [1.82, 2.24) is 0 Å². The van der Waals surface area contributed by atoms with Crippen LogP contribution < -0.4 is 0 Å². The smallest absolute Gasteiger partial charge is 0.0289 e. The Kier molecular flexibility index (Phi) is 17.6. The maximum Gasteiger partial charge on any atom is -0.0289 e. The lowest BCUT2D eigenvalue weighted by Gasteiger charge is -2.30. The van der Waals surface area contributed by atoms with Crippen molar-refractivity contribution >= 4 is 0 Å². The van der Waals surface area contributed by atoms with Crippen LogP contribution >= 0.6 is 0 Å². The largest absolute Gasteiger partial charge is 0.100 e. The zero-order chi connectivity index (χ0) is 18.1. The molecule has 0 radical (unpaired) electrons. The molecule has 0 spiro atoms. The predicted octanol–water partition coefficient (Wildman–Crippen LogP) is 8.73. The number of hydrogen-bond acceptors (Lipinski definition) is 0. The minimum Gasteiger partial charge on any atom is -0.100 e. The van der Waals surface area contributed by atoms with E-state index in [1.54, 1.807) is 0 Å². The maximum absolute atomic E-state index is 4.08. The van der Waals surface area contributed by atoms with Gasteiger partial charge in [0.1, 0.15) is 0 Å². The molecule has 0 saturated carbocycles. The molecule has 0 N–H and O–H groups in total. The average Bonchev–Trinajstić information content (AvgIpc) is 2.48. The summed E-state index contributed by atoms with van der Waals surface area (Å²) in [6.07, 6.45) is 18.3. The SMILES string of the molecule is C=C(C)CC(C/C=C/CCCCCCCCC)C(C)(C)C.CC. The summed E-state index contributed by atoms with van der Waals surface area (Å²) in [5.74, 6) is 0.722. The molecule has 0 bridgehead atoms. The molecule has 0 aliphatic heterocycles. The highest BCUT2D eigenvalue weighted by atomic mass is 14.3. The third-order valence-corrected chi connectivity index (χ3v) is 4.38. The molecule has 0 saturated heterocycles. The monoisotopic (exact) mass is 322 g/mol. The fourth-order valence-corrected chi connectivity index (χ4v) is 2.76. The van der Waals surface area contributed by atoms with Gasteiger partial charge in [-0.1, -0.05) is 97.8 Å². The summed E-state index contributed by atoms with van der Waals surface area (Å²) >= 11 is 0. The molecule has 0 aromatic carbocycles. The van der Waals surface area contributed by atoms with Crippen LogP contribution in [0.1, 0.15) is 113 Å². The molecular formula is C23H46. The van der Waals surface area contributed by atoms with E-state index in [1.165, 1.54) is 63.4 Å². The molecule has 1 atom stereocenters. The van der Waals surface area contributed by atoms with Gasteiger partial charge in [0.25, 0.3) is 0 Å². The number of unbranched alkanes of at least 4 members (excludes halogenated alkanes) is 7. The highest BCUT2D eigenvalue weighted by Crippen LogP contribution is 2.33. The molecule has 0 aromatic heterocycles. The second kappa shape index (κ2) is 16.3. The van der Waals surface area contributed by atoms with Gasteiger partial charge in [0.15, 0.2) is 0 Å². The zero-order valence-corrected chi connectivity index (χ0v) is 17.5. The fourth-order valence-electron chi connectivity index (χ4n) is 2.76. The Morgan fingerprint density at radius 1 is 0.913 bits per heavy atom. The third kappa shape index (κ3) is 17.7. The lowest BCUT2D eigenvalue weighted by atomic mass is 9.75. The summed E-state index contributed by atoms with van der Waals surface area (Å²) in [5.41, 5.74) is 1.69. The van der Waals surface area contributed by atoms with Gasteiger partial charge in [0.05, 0.1) is 0 Å². The van der Waals surface area contributed by atoms with Gasteiger partial charge in [-0.2, -0.15) is 0 Å². The van der Waals surface area contributed by atoms with E-state index in [2.05, 4.69) is 53.3 Å². The first-order chi connectivity index (χ1) is 10.9. The molecular weight excluding hydrogens is 276 g/mol. The first kappa shape index (κ1) is 24.7. The van der Waals surface area contributed by atoms with E-state index >= 15 is 0 Å². The van der Waals surface area contributed by atoms with E-state index in [4.69, 9.17) is 0 Å². The molecule has 0 fully saturated rings. The second-order valence-electron chi connectivity index (χ2n) is 7.84. The quantitative estimate of drug-likeness (QED) is 0.249. The lowest BCUT2D eigenvalue weighted by Crippen LogP contribution is -2.20. The summed E-state index contributed by atoms with van der Waals surface area (Å²) in [6, 6.07) is 0. The minimum atomic E-state index is 0.378. The Morgan fingerprint density at radius 3 is 1.91 bits per heavy atom. The first-order valence-corrected chi connectivity index (χ1v) is 10.2. The summed E-state index contributed by atoms with van der Waals surface area (Å²) < 4.78 is 0. The van der Waals surface area contributed by atoms with Gasteiger partial charge in [-0.15, -0.1) is 6.58 Å². The number of rotatable bonds is 12. The van der Waals surface area contributed by atoms with Crippen LogP contribution in [0.2, 0.25) is 0 Å². The molecule has 0 aliphatic carbocycles. The second-order valence-corrected chi connectivity index (χ2v) is 7.84. The van der Waals surface area contributed by atoms with Crippen LogP contribution in [0.3, 0.4) is 0 Å². The van der Waals surface area contributed by atoms with Crippen LogP contribution in [-0.4, -0.2) is 0 Å². The molecule has 0 heteroatoms. The molecule has 0 amide bonds. The number of hydrogen-bond donors (Lipinski definition) is 0. The van der Waals surface area contributed by atoms with Crippen molar-refractivity contribution in [1.29, 1.82) is 0 Å². The molecule has 23 heavy (non-hydrogen) atoms. The Bertz CT molecular complexity index is 277. The van der Waals surface area contributed by atoms with E-state index in [0.717, 1.165) is 12.3 Å². The van der Waals surface area contributed by atoms with Gasteiger partial charge in [-0.25, -0.2) is 0 Å². The van der Waals surface area contributed by atoms with Crippen LogP contribution in [0.15, 0.2) is 24.3 Å². The summed E-state index contributed by atoms with van der Waals surface area (Å²) in [6.45, 7) is 19.6. The predicted molar refractivity (Wildman–Crippen MR) is 110 cm³/mol. The van der Waals surface area contributed by atoms with Crippen molar-refractivity contribution in [2.75, 3.05) is 0 Å². The summed E-state index contributed by atoms with van der Waals surface area (Å²) in [5, 5.41) is 0. The highest BCUT2D eigenvalue weighted by molar-refractivity contribution is 4.96. The van der Waals surface area contributed by atoms with Crippen LogP contribution in [0, 0.1) is 11.3 Å². The molecule has 1 unspecified atom stereocenters. The Morgan fingerprint density at radius 2 is 1.43 bits per heavy atom. The molecule has 0 rings (SSSR count). The van der Waals surface area contributed by atoms with Crippen molar-refractivity contribution in [3.63, 3.8) is 0 Å². The van der Waals surface area contributed by atoms with E-state index < -0.39 is 0 Å². The van der Waals surface area contributed by atoms with Crippen LogP contribution in [-0.2, 0) is 0 Å². The van der Waals surface area contributed by atoms with Crippen LogP contribution in [0.5, 0.6) is 0 Å². The van der Waals surface area contributed by atoms with Crippen molar-refractivity contribution < 1.29 is 0 Å². The first-order valence-electron chi connectivity index (χ1n) is 10.2. The van der Waals surface area contributed by atoms with Crippen molar-refractivity contribution in [3.8, 4) is 0 Å². The zero-order valence-electron chi connectivity index (χ0n) is 17.5. The highest BCUT2D eigenvalue weighted by Gasteiger charge is 2.22. The molecule has 0 aliphatic rings. The van der Waals surface area contributed by atoms with Gasteiger partial charge in [0.2, 0.25) is 0 Å². The van der Waals surface area contributed by atoms with Crippen LogP contribution in [0.25, 0.3) is 0 Å². The molecule has 0 aromatic rings. The fraction of sp³-hybridized carbons (Fsp3) is 0.826. The summed E-state index contributed by atoms with van der Waals surface area (Å²) in [4.78, 5) is 0. The molecule has 0 heterocycles. The van der Waals surface area contributed by atoms with E-state index in [9.17, 15) is 0 Å². The van der Waals surface area contributed by atoms with Gasteiger partial charge in [-0.05, 0) is 43.9 Å².